The van der Waals surface area contributed by atoms with Gasteiger partial charge in [-0.2, -0.15) is 0 Å². The fraction of sp³-hybridized carbons (Fsp3) is 0.556. The van der Waals surface area contributed by atoms with Gasteiger partial charge in [-0.15, -0.1) is 11.3 Å². The summed E-state index contributed by atoms with van der Waals surface area (Å²) in [6.07, 6.45) is 3.43. The Morgan fingerprint density at radius 2 is 2.43 bits per heavy atom. The average molecular weight is 211 g/mol. The van der Waals surface area contributed by atoms with E-state index in [1.54, 1.807) is 0 Å². The van der Waals surface area contributed by atoms with E-state index in [0.717, 1.165) is 18.5 Å². The van der Waals surface area contributed by atoms with Crippen LogP contribution >= 0.6 is 11.3 Å². The Bertz CT molecular complexity index is 333. The van der Waals surface area contributed by atoms with Crippen molar-refractivity contribution < 1.29 is 4.79 Å². The Morgan fingerprint density at radius 1 is 1.64 bits per heavy atom. The molecule has 0 atom stereocenters. The van der Waals surface area contributed by atoms with E-state index in [2.05, 4.69) is 15.6 Å². The van der Waals surface area contributed by atoms with Gasteiger partial charge in [0.15, 0.2) is 5.13 Å². The van der Waals surface area contributed by atoms with E-state index >= 15 is 0 Å². The molecule has 0 aromatic carbocycles. The first-order chi connectivity index (χ1) is 6.74. The van der Waals surface area contributed by atoms with E-state index in [4.69, 9.17) is 0 Å². The van der Waals surface area contributed by atoms with Gasteiger partial charge in [0.05, 0.1) is 5.69 Å². The number of anilines is 1. The number of carbonyl (C=O) groups is 1. The maximum absolute atomic E-state index is 11.4. The summed E-state index contributed by atoms with van der Waals surface area (Å²) in [6.45, 7) is 1.91. The Labute approximate surface area is 86.7 Å². The zero-order chi connectivity index (χ0) is 9.97. The van der Waals surface area contributed by atoms with Gasteiger partial charge in [-0.3, -0.25) is 5.32 Å². The van der Waals surface area contributed by atoms with Crippen molar-refractivity contribution in [3.63, 3.8) is 0 Å². The molecule has 5 heteroatoms. The van der Waals surface area contributed by atoms with Gasteiger partial charge >= 0.3 is 6.03 Å². The summed E-state index contributed by atoms with van der Waals surface area (Å²) < 4.78 is 0. The first kappa shape index (κ1) is 9.45. The standard InChI is InChI=1S/C9H13N3OS/c1-6-5-14-9(10-6)12-8(13)11-7-3-2-4-7/h5,7H,2-4H2,1H3,(H2,10,11,12,13). The van der Waals surface area contributed by atoms with Crippen LogP contribution in [0.25, 0.3) is 0 Å². The summed E-state index contributed by atoms with van der Waals surface area (Å²) >= 11 is 1.45. The molecule has 1 saturated carbocycles. The summed E-state index contributed by atoms with van der Waals surface area (Å²) in [5, 5.41) is 8.19. The lowest BCUT2D eigenvalue weighted by Gasteiger charge is -2.26. The highest BCUT2D eigenvalue weighted by Crippen LogP contribution is 2.18. The molecule has 0 bridgehead atoms. The van der Waals surface area contributed by atoms with E-state index < -0.39 is 0 Å². The van der Waals surface area contributed by atoms with E-state index in [1.165, 1.54) is 17.8 Å². The zero-order valence-electron chi connectivity index (χ0n) is 8.04. The Morgan fingerprint density at radius 3 is 2.93 bits per heavy atom. The number of nitrogens with zero attached hydrogens (tertiary/aromatic N) is 1. The molecule has 0 saturated heterocycles. The molecule has 2 amide bonds. The lowest BCUT2D eigenvalue weighted by molar-refractivity contribution is 0.240. The number of hydrogen-bond acceptors (Lipinski definition) is 3. The van der Waals surface area contributed by atoms with Crippen LogP contribution in [-0.4, -0.2) is 17.1 Å². The number of urea groups is 1. The highest BCUT2D eigenvalue weighted by atomic mass is 32.1. The molecular weight excluding hydrogens is 198 g/mol. The summed E-state index contributed by atoms with van der Waals surface area (Å²) in [7, 11) is 0. The molecule has 1 aromatic rings. The van der Waals surface area contributed by atoms with Gasteiger partial charge in [0.1, 0.15) is 0 Å². The van der Waals surface area contributed by atoms with Gasteiger partial charge in [0.2, 0.25) is 0 Å². The van der Waals surface area contributed by atoms with Crippen LogP contribution in [0.1, 0.15) is 25.0 Å². The molecule has 0 spiro atoms. The van der Waals surface area contributed by atoms with E-state index in [-0.39, 0.29) is 6.03 Å². The fourth-order valence-corrected chi connectivity index (χ4v) is 1.97. The van der Waals surface area contributed by atoms with Crippen molar-refractivity contribution in [2.24, 2.45) is 0 Å². The number of rotatable bonds is 2. The van der Waals surface area contributed by atoms with Crippen LogP contribution in [0.4, 0.5) is 9.93 Å². The second kappa shape index (κ2) is 3.96. The van der Waals surface area contributed by atoms with Crippen LogP contribution < -0.4 is 10.6 Å². The number of carbonyl (C=O) groups excluding carboxylic acids is 1. The SMILES string of the molecule is Cc1csc(NC(=O)NC2CCC2)n1. The topological polar surface area (TPSA) is 54.0 Å². The third-order valence-corrected chi connectivity index (χ3v) is 3.16. The molecule has 1 aliphatic rings. The van der Waals surface area contributed by atoms with Crippen LogP contribution in [0.2, 0.25) is 0 Å². The third kappa shape index (κ3) is 2.23. The van der Waals surface area contributed by atoms with Gasteiger partial charge in [-0.1, -0.05) is 0 Å². The quantitative estimate of drug-likeness (QED) is 0.787. The molecule has 14 heavy (non-hydrogen) atoms. The predicted molar refractivity (Wildman–Crippen MR) is 56.6 cm³/mol. The number of hydrogen-bond donors (Lipinski definition) is 2. The number of amides is 2. The monoisotopic (exact) mass is 211 g/mol. The Kier molecular flexibility index (Phi) is 2.67. The molecular formula is C9H13N3OS. The Hall–Kier alpha value is -1.10. The normalized spacial score (nSPS) is 16.1. The number of nitrogens with one attached hydrogen (secondary N) is 2. The first-order valence-electron chi connectivity index (χ1n) is 4.74. The van der Waals surface area contributed by atoms with Crippen molar-refractivity contribution in [2.75, 3.05) is 5.32 Å². The smallest absolute Gasteiger partial charge is 0.321 e. The van der Waals surface area contributed by atoms with Crippen molar-refractivity contribution in [3.05, 3.63) is 11.1 Å². The Balaban J connectivity index is 1.81. The summed E-state index contributed by atoms with van der Waals surface area (Å²) in [6, 6.07) is 0.236. The van der Waals surface area contributed by atoms with Crippen LogP contribution in [0, 0.1) is 6.92 Å². The van der Waals surface area contributed by atoms with E-state index in [1.807, 2.05) is 12.3 Å². The molecule has 2 N–H and O–H groups in total. The maximum Gasteiger partial charge on any atom is 0.321 e. The van der Waals surface area contributed by atoms with Gasteiger partial charge < -0.3 is 5.32 Å². The molecule has 0 unspecified atom stereocenters. The molecule has 0 radical (unpaired) electrons. The van der Waals surface area contributed by atoms with Gasteiger partial charge in [-0.25, -0.2) is 9.78 Å². The fourth-order valence-electron chi connectivity index (χ4n) is 1.28. The molecule has 0 aliphatic heterocycles. The number of aryl methyl sites for hydroxylation is 1. The molecule has 1 fully saturated rings. The summed E-state index contributed by atoms with van der Waals surface area (Å²) in [5.41, 5.74) is 0.939. The first-order valence-corrected chi connectivity index (χ1v) is 5.61. The van der Waals surface area contributed by atoms with Crippen molar-refractivity contribution in [1.29, 1.82) is 0 Å². The third-order valence-electron chi connectivity index (χ3n) is 2.28. The van der Waals surface area contributed by atoms with Crippen molar-refractivity contribution in [2.45, 2.75) is 32.2 Å². The van der Waals surface area contributed by atoms with Crippen LogP contribution in [0.5, 0.6) is 0 Å². The minimum atomic E-state index is -0.135. The number of thiazole rings is 1. The number of aromatic nitrogens is 1. The van der Waals surface area contributed by atoms with Gasteiger partial charge in [-0.05, 0) is 26.2 Å². The van der Waals surface area contributed by atoms with Gasteiger partial charge in [0.25, 0.3) is 0 Å². The summed E-state index contributed by atoms with van der Waals surface area (Å²) in [5.74, 6) is 0. The van der Waals surface area contributed by atoms with E-state index in [9.17, 15) is 4.79 Å². The minimum Gasteiger partial charge on any atom is -0.335 e. The van der Waals surface area contributed by atoms with Crippen LogP contribution in [0.3, 0.4) is 0 Å². The van der Waals surface area contributed by atoms with Crippen molar-refractivity contribution in [1.82, 2.24) is 10.3 Å². The van der Waals surface area contributed by atoms with E-state index in [0.29, 0.717) is 11.2 Å². The van der Waals surface area contributed by atoms with Crippen molar-refractivity contribution in [3.8, 4) is 0 Å². The summed E-state index contributed by atoms with van der Waals surface area (Å²) in [4.78, 5) is 15.5. The molecule has 4 nitrogen and oxygen atoms in total. The minimum absolute atomic E-state index is 0.135. The second-order valence-corrected chi connectivity index (χ2v) is 4.38. The zero-order valence-corrected chi connectivity index (χ0v) is 8.86. The molecule has 76 valence electrons. The molecule has 1 heterocycles. The second-order valence-electron chi connectivity index (χ2n) is 3.52. The lowest BCUT2D eigenvalue weighted by Crippen LogP contribution is -2.41. The maximum atomic E-state index is 11.4. The molecule has 2 rings (SSSR count). The van der Waals surface area contributed by atoms with Gasteiger partial charge in [0, 0.05) is 11.4 Å². The largest absolute Gasteiger partial charge is 0.335 e. The van der Waals surface area contributed by atoms with Crippen LogP contribution in [0.15, 0.2) is 5.38 Å². The predicted octanol–water partition coefficient (Wildman–Crippen LogP) is 2.13. The lowest BCUT2D eigenvalue weighted by atomic mass is 9.93. The van der Waals surface area contributed by atoms with Crippen molar-refractivity contribution >= 4 is 22.5 Å². The highest BCUT2D eigenvalue weighted by molar-refractivity contribution is 7.13. The highest BCUT2D eigenvalue weighted by Gasteiger charge is 2.19. The molecule has 1 aliphatic carbocycles. The van der Waals surface area contributed by atoms with Crippen LogP contribution in [-0.2, 0) is 0 Å². The molecule has 1 aromatic heterocycles. The average Bonchev–Trinajstić information content (AvgIpc) is 2.44.